The maximum absolute atomic E-state index is 14.4. The Morgan fingerprint density at radius 1 is 1.10 bits per heavy atom. The Morgan fingerprint density at radius 3 is 2.48 bits per heavy atom. The number of nitrogens with zero attached hydrogens (tertiary/aromatic N) is 2. The molecule has 0 aliphatic carbocycles. The molecule has 0 unspecified atom stereocenters. The first-order valence-corrected chi connectivity index (χ1v) is 9.11. The summed E-state index contributed by atoms with van der Waals surface area (Å²) in [5, 5.41) is 13.2. The fourth-order valence-electron chi connectivity index (χ4n) is 2.61. The zero-order chi connectivity index (χ0) is 21.0. The number of pyridine rings is 1. The van der Waals surface area contributed by atoms with Gasteiger partial charge >= 0.3 is 0 Å². The van der Waals surface area contributed by atoms with Crippen LogP contribution in [0.1, 0.15) is 11.1 Å². The molecule has 0 fully saturated rings. The second-order valence-electron chi connectivity index (χ2n) is 5.82. The predicted octanol–water partition coefficient (Wildman–Crippen LogP) is 4.18. The molecular formula is C20H14Cl2F2N2O3. The highest BCUT2D eigenvalue weighted by Gasteiger charge is 2.17. The van der Waals surface area contributed by atoms with Crippen molar-refractivity contribution in [2.75, 3.05) is 13.2 Å². The van der Waals surface area contributed by atoms with Crippen molar-refractivity contribution in [3.05, 3.63) is 97.9 Å². The van der Waals surface area contributed by atoms with Crippen LogP contribution in [0.5, 0.6) is 0 Å². The van der Waals surface area contributed by atoms with Gasteiger partial charge in [-0.2, -0.15) is 0 Å². The van der Waals surface area contributed by atoms with Gasteiger partial charge in [-0.25, -0.2) is 8.78 Å². The predicted molar refractivity (Wildman–Crippen MR) is 107 cm³/mol. The fraction of sp³-hybridized carbons (Fsp3) is 0.100. The van der Waals surface area contributed by atoms with Crippen LogP contribution < -0.4 is 5.56 Å². The van der Waals surface area contributed by atoms with Gasteiger partial charge in [0.05, 0.1) is 22.3 Å². The minimum absolute atomic E-state index is 0.00660. The highest BCUT2D eigenvalue weighted by molar-refractivity contribution is 6.37. The molecule has 0 aliphatic rings. The van der Waals surface area contributed by atoms with E-state index in [1.54, 1.807) is 18.2 Å². The summed E-state index contributed by atoms with van der Waals surface area (Å²) in [7, 11) is 0. The molecule has 0 aliphatic heterocycles. The molecule has 1 N–H and O–H groups in total. The Labute approximate surface area is 174 Å². The van der Waals surface area contributed by atoms with Crippen molar-refractivity contribution in [1.82, 2.24) is 4.57 Å². The van der Waals surface area contributed by atoms with Gasteiger partial charge in [0.1, 0.15) is 24.0 Å². The fourth-order valence-corrected chi connectivity index (χ4v) is 3.19. The van der Waals surface area contributed by atoms with Crippen LogP contribution in [-0.2, 0) is 4.84 Å². The van der Waals surface area contributed by atoms with E-state index < -0.39 is 17.2 Å². The maximum Gasteiger partial charge on any atom is 0.255 e. The van der Waals surface area contributed by atoms with Crippen molar-refractivity contribution in [2.45, 2.75) is 0 Å². The van der Waals surface area contributed by atoms with Crippen molar-refractivity contribution < 1.29 is 18.7 Å². The molecule has 2 aromatic carbocycles. The summed E-state index contributed by atoms with van der Waals surface area (Å²) < 4.78 is 28.9. The zero-order valence-corrected chi connectivity index (χ0v) is 16.3. The van der Waals surface area contributed by atoms with E-state index in [1.165, 1.54) is 29.0 Å². The maximum atomic E-state index is 14.4. The van der Waals surface area contributed by atoms with Gasteiger partial charge < -0.3 is 9.94 Å². The molecule has 5 nitrogen and oxygen atoms in total. The lowest BCUT2D eigenvalue weighted by molar-refractivity contribution is 0.0988. The molecule has 3 aromatic rings. The van der Waals surface area contributed by atoms with E-state index in [2.05, 4.69) is 5.16 Å². The molecule has 0 saturated carbocycles. The molecule has 150 valence electrons. The largest absolute Gasteiger partial charge is 0.393 e. The third-order valence-corrected chi connectivity index (χ3v) is 4.50. The van der Waals surface area contributed by atoms with Crippen LogP contribution in [0, 0.1) is 11.6 Å². The van der Waals surface area contributed by atoms with Crippen LogP contribution in [0.3, 0.4) is 0 Å². The van der Waals surface area contributed by atoms with Crippen molar-refractivity contribution in [3.63, 3.8) is 0 Å². The van der Waals surface area contributed by atoms with Crippen LogP contribution in [-0.4, -0.2) is 28.6 Å². The van der Waals surface area contributed by atoms with Crippen LogP contribution in [0.15, 0.2) is 64.7 Å². The average molecular weight is 439 g/mol. The number of benzene rings is 2. The Balaban J connectivity index is 2.19. The number of hydrogen-bond acceptors (Lipinski definition) is 4. The van der Waals surface area contributed by atoms with E-state index in [-0.39, 0.29) is 45.8 Å². The van der Waals surface area contributed by atoms with Crippen molar-refractivity contribution in [1.29, 1.82) is 0 Å². The van der Waals surface area contributed by atoms with Gasteiger partial charge in [-0.05, 0) is 30.3 Å². The van der Waals surface area contributed by atoms with Gasteiger partial charge in [0, 0.05) is 29.5 Å². The standard InChI is InChI=1S/C20H14Cl2F2N2O3/c21-15-2-1-3-16(22)20(15)26-11-12(4-7-18(26)28)19(25-29-9-8-27)14-6-5-13(23)10-17(14)24/h1-7,10-11,27H,8-9H2/b25-19+. The first-order valence-electron chi connectivity index (χ1n) is 8.36. The number of aliphatic hydroxyl groups is 1. The monoisotopic (exact) mass is 438 g/mol. The summed E-state index contributed by atoms with van der Waals surface area (Å²) >= 11 is 12.4. The molecule has 1 aromatic heterocycles. The Hall–Kier alpha value is -2.74. The lowest BCUT2D eigenvalue weighted by atomic mass is 10.0. The van der Waals surface area contributed by atoms with E-state index in [4.69, 9.17) is 33.1 Å². The first-order chi connectivity index (χ1) is 13.9. The third-order valence-electron chi connectivity index (χ3n) is 3.89. The van der Waals surface area contributed by atoms with Crippen LogP contribution in [0.25, 0.3) is 5.69 Å². The van der Waals surface area contributed by atoms with Crippen LogP contribution in [0.4, 0.5) is 8.78 Å². The summed E-state index contributed by atoms with van der Waals surface area (Å²) in [4.78, 5) is 17.4. The number of para-hydroxylation sites is 1. The van der Waals surface area contributed by atoms with Gasteiger partial charge in [-0.15, -0.1) is 0 Å². The van der Waals surface area contributed by atoms with Crippen LogP contribution in [0.2, 0.25) is 10.0 Å². The van der Waals surface area contributed by atoms with E-state index in [1.807, 2.05) is 0 Å². The number of aromatic nitrogens is 1. The molecule has 0 spiro atoms. The summed E-state index contributed by atoms with van der Waals surface area (Å²) in [6.45, 7) is -0.445. The molecule has 29 heavy (non-hydrogen) atoms. The second kappa shape index (κ2) is 9.17. The molecular weight excluding hydrogens is 425 g/mol. The Morgan fingerprint density at radius 2 is 1.83 bits per heavy atom. The first kappa shape index (κ1) is 21.0. The highest BCUT2D eigenvalue weighted by Crippen LogP contribution is 2.27. The summed E-state index contributed by atoms with van der Waals surface area (Å²) in [5.41, 5.74) is 0.0357. The van der Waals surface area contributed by atoms with Gasteiger partial charge in [-0.3, -0.25) is 9.36 Å². The quantitative estimate of drug-likeness (QED) is 0.356. The highest BCUT2D eigenvalue weighted by atomic mass is 35.5. The molecule has 0 amide bonds. The molecule has 0 atom stereocenters. The van der Waals surface area contributed by atoms with E-state index in [0.29, 0.717) is 6.07 Å². The van der Waals surface area contributed by atoms with Crippen molar-refractivity contribution >= 4 is 28.9 Å². The zero-order valence-electron chi connectivity index (χ0n) is 14.8. The molecule has 9 heteroatoms. The minimum atomic E-state index is -0.870. The molecule has 0 saturated heterocycles. The van der Waals surface area contributed by atoms with Crippen LogP contribution >= 0.6 is 23.2 Å². The lowest BCUT2D eigenvalue weighted by Crippen LogP contribution is -2.20. The third kappa shape index (κ3) is 4.64. The number of halogens is 4. The Kier molecular flexibility index (Phi) is 6.64. The topological polar surface area (TPSA) is 63.8 Å². The van der Waals surface area contributed by atoms with E-state index in [0.717, 1.165) is 6.07 Å². The number of hydrogen-bond donors (Lipinski definition) is 1. The summed E-state index contributed by atoms with van der Waals surface area (Å²) in [6.07, 6.45) is 1.37. The van der Waals surface area contributed by atoms with E-state index in [9.17, 15) is 13.6 Å². The number of aliphatic hydroxyl groups excluding tert-OH is 1. The average Bonchev–Trinajstić information content (AvgIpc) is 2.67. The molecule has 1 heterocycles. The van der Waals surface area contributed by atoms with Gasteiger partial charge in [0.15, 0.2) is 0 Å². The van der Waals surface area contributed by atoms with Gasteiger partial charge in [-0.1, -0.05) is 34.4 Å². The second-order valence-corrected chi connectivity index (χ2v) is 6.63. The van der Waals surface area contributed by atoms with Crippen molar-refractivity contribution in [3.8, 4) is 5.69 Å². The molecule has 3 rings (SSSR count). The SMILES string of the molecule is O=c1ccc(/C(=N\OCCO)c2ccc(F)cc2F)cn1-c1c(Cl)cccc1Cl. The molecule has 0 bridgehead atoms. The number of rotatable bonds is 6. The summed E-state index contributed by atoms with van der Waals surface area (Å²) in [6, 6.07) is 10.4. The normalized spacial score (nSPS) is 11.6. The summed E-state index contributed by atoms with van der Waals surface area (Å²) in [5.74, 6) is -1.63. The molecule has 0 radical (unpaired) electrons. The van der Waals surface area contributed by atoms with E-state index >= 15 is 0 Å². The Bertz CT molecular complexity index is 1110. The smallest absolute Gasteiger partial charge is 0.255 e. The van der Waals surface area contributed by atoms with Gasteiger partial charge in [0.2, 0.25) is 0 Å². The van der Waals surface area contributed by atoms with Crippen molar-refractivity contribution in [2.24, 2.45) is 5.16 Å². The lowest BCUT2D eigenvalue weighted by Gasteiger charge is -2.13. The van der Waals surface area contributed by atoms with Gasteiger partial charge in [0.25, 0.3) is 5.56 Å². The minimum Gasteiger partial charge on any atom is -0.393 e. The number of oxime groups is 1.